The number of aromatic nitrogens is 4. The fraction of sp³-hybridized carbons (Fsp3) is 0.269. The Kier molecular flexibility index (Phi) is 5.30. The van der Waals surface area contributed by atoms with E-state index < -0.39 is 15.9 Å². The van der Waals surface area contributed by atoms with Gasteiger partial charge in [-0.1, -0.05) is 17.7 Å². The van der Waals surface area contributed by atoms with Crippen molar-refractivity contribution in [1.29, 1.82) is 0 Å². The number of imidazole rings is 1. The van der Waals surface area contributed by atoms with Gasteiger partial charge in [-0.15, -0.1) is 0 Å². The van der Waals surface area contributed by atoms with Crippen LogP contribution in [0.4, 0.5) is 8.78 Å². The smallest absolute Gasteiger partial charge is 0.269 e. The Hall–Kier alpha value is -3.86. The molecule has 0 spiro atoms. The van der Waals surface area contributed by atoms with Crippen molar-refractivity contribution in [2.24, 2.45) is 0 Å². The van der Waals surface area contributed by atoms with Crippen molar-refractivity contribution < 1.29 is 26.4 Å². The molecule has 190 valence electrons. The van der Waals surface area contributed by atoms with Crippen molar-refractivity contribution in [3.05, 3.63) is 66.2 Å². The molecule has 0 N–H and O–H groups in total. The van der Waals surface area contributed by atoms with Crippen LogP contribution in [0.25, 0.3) is 33.7 Å². The first kappa shape index (κ1) is 23.5. The molecule has 4 aromatic heterocycles. The zero-order valence-corrected chi connectivity index (χ0v) is 20.6. The molecular weight excluding hydrogens is 502 g/mol. The number of rotatable bonds is 5. The molecule has 37 heavy (non-hydrogen) atoms. The summed E-state index contributed by atoms with van der Waals surface area (Å²) in [4.78, 5) is 20.4. The first-order valence-corrected chi connectivity index (χ1v) is 13.3. The molecule has 4 heterocycles. The van der Waals surface area contributed by atoms with E-state index in [1.165, 1.54) is 18.5 Å². The molecule has 1 fully saturated rings. The second-order valence-electron chi connectivity index (χ2n) is 9.37. The van der Waals surface area contributed by atoms with Crippen molar-refractivity contribution >= 4 is 38.4 Å². The van der Waals surface area contributed by atoms with Gasteiger partial charge in [0.25, 0.3) is 10.0 Å². The van der Waals surface area contributed by atoms with Gasteiger partial charge in [0, 0.05) is 30.5 Å². The van der Waals surface area contributed by atoms with Crippen LogP contribution < -0.4 is 0 Å². The monoisotopic (exact) mass is 524 g/mol. The third-order valence-electron chi connectivity index (χ3n) is 6.92. The van der Waals surface area contributed by atoms with E-state index in [1.54, 1.807) is 36.4 Å². The lowest BCUT2D eigenvalue weighted by molar-refractivity contribution is -0.0435. The number of carbonyl (C=O) groups is 1. The maximum absolute atomic E-state index is 14.0. The van der Waals surface area contributed by atoms with Gasteiger partial charge in [-0.05, 0) is 50.1 Å². The quantitative estimate of drug-likeness (QED) is 0.271. The number of hydrogen-bond acceptors (Lipinski definition) is 6. The summed E-state index contributed by atoms with van der Waals surface area (Å²) in [5.74, 6) is -1.93. The fourth-order valence-corrected chi connectivity index (χ4v) is 6.32. The number of pyridine rings is 1. The highest BCUT2D eigenvalue weighted by Crippen LogP contribution is 2.43. The second kappa shape index (κ2) is 8.34. The number of nitrogens with zero attached hydrogens (tertiary/aromatic N) is 4. The number of halogens is 2. The Morgan fingerprint density at radius 3 is 2.49 bits per heavy atom. The summed E-state index contributed by atoms with van der Waals surface area (Å²) >= 11 is 0. The minimum atomic E-state index is -3.94. The van der Waals surface area contributed by atoms with Crippen molar-refractivity contribution in [3.63, 3.8) is 0 Å². The molecule has 5 aromatic rings. The Bertz CT molecular complexity index is 1760. The average molecular weight is 525 g/mol. The molecule has 0 bridgehead atoms. The van der Waals surface area contributed by atoms with Crippen LogP contribution in [-0.2, 0) is 10.0 Å². The summed E-state index contributed by atoms with van der Waals surface area (Å²) in [6.07, 6.45) is 3.36. The van der Waals surface area contributed by atoms with Crippen LogP contribution in [0.1, 0.15) is 47.8 Å². The van der Waals surface area contributed by atoms with Gasteiger partial charge in [-0.3, -0.25) is 4.79 Å². The van der Waals surface area contributed by atoms with Gasteiger partial charge >= 0.3 is 0 Å². The number of aryl methyl sites for hydroxylation is 1. The highest BCUT2D eigenvalue weighted by atomic mass is 32.2. The second-order valence-corrected chi connectivity index (χ2v) is 11.2. The maximum atomic E-state index is 14.0. The van der Waals surface area contributed by atoms with Crippen molar-refractivity contribution in [1.82, 2.24) is 18.5 Å². The van der Waals surface area contributed by atoms with Crippen LogP contribution in [0.5, 0.6) is 0 Å². The molecular formula is C26H22F2N4O4S. The SMILES string of the molecule is Cc1ccc(S(=O)(=O)n2ccc3c2ncc2nc(-c4ccc(C=O)o4)n(C4CCC(F)(F)CC4)c23)cc1. The molecule has 0 radical (unpaired) electrons. The fourth-order valence-electron chi connectivity index (χ4n) is 5.01. The maximum Gasteiger partial charge on any atom is 0.269 e. The number of benzene rings is 1. The molecule has 1 aliphatic rings. The number of fused-ring (bicyclic) bond motifs is 3. The van der Waals surface area contributed by atoms with Gasteiger partial charge in [-0.2, -0.15) is 0 Å². The zero-order valence-electron chi connectivity index (χ0n) is 19.8. The summed E-state index contributed by atoms with van der Waals surface area (Å²) in [5, 5.41) is 0.520. The molecule has 8 nitrogen and oxygen atoms in total. The Balaban J connectivity index is 1.58. The van der Waals surface area contributed by atoms with Crippen LogP contribution in [-0.4, -0.2) is 39.1 Å². The van der Waals surface area contributed by atoms with Gasteiger partial charge in [0.1, 0.15) is 5.52 Å². The molecule has 1 saturated carbocycles. The molecule has 1 aliphatic carbocycles. The molecule has 0 aliphatic heterocycles. The van der Waals surface area contributed by atoms with Gasteiger partial charge in [-0.25, -0.2) is 31.1 Å². The topological polar surface area (TPSA) is 100.0 Å². The minimum absolute atomic E-state index is 0.113. The lowest BCUT2D eigenvalue weighted by Crippen LogP contribution is -2.26. The Labute approximate surface area is 210 Å². The number of hydrogen-bond donors (Lipinski definition) is 0. The van der Waals surface area contributed by atoms with E-state index in [4.69, 9.17) is 4.42 Å². The van der Waals surface area contributed by atoms with Crippen molar-refractivity contribution in [2.45, 2.75) is 49.5 Å². The number of aldehydes is 1. The summed E-state index contributed by atoms with van der Waals surface area (Å²) in [5.41, 5.74) is 2.18. The third-order valence-corrected chi connectivity index (χ3v) is 8.60. The first-order chi connectivity index (χ1) is 17.7. The van der Waals surface area contributed by atoms with E-state index in [1.807, 2.05) is 11.5 Å². The third kappa shape index (κ3) is 3.85. The zero-order chi connectivity index (χ0) is 25.9. The largest absolute Gasteiger partial charge is 0.450 e. The van der Waals surface area contributed by atoms with Crippen LogP contribution in [0.3, 0.4) is 0 Å². The summed E-state index contributed by atoms with van der Waals surface area (Å²) in [6.45, 7) is 1.87. The number of alkyl halides is 2. The molecule has 6 rings (SSSR count). The van der Waals surface area contributed by atoms with Gasteiger partial charge in [0.2, 0.25) is 5.92 Å². The van der Waals surface area contributed by atoms with Crippen LogP contribution in [0, 0.1) is 6.92 Å². The highest BCUT2D eigenvalue weighted by Gasteiger charge is 2.37. The first-order valence-electron chi connectivity index (χ1n) is 11.8. The minimum Gasteiger partial charge on any atom is -0.450 e. The van der Waals surface area contributed by atoms with E-state index in [2.05, 4.69) is 9.97 Å². The lowest BCUT2D eigenvalue weighted by Gasteiger charge is -2.30. The van der Waals surface area contributed by atoms with E-state index in [0.717, 1.165) is 9.54 Å². The Morgan fingerprint density at radius 1 is 1.08 bits per heavy atom. The summed E-state index contributed by atoms with van der Waals surface area (Å²) in [7, 11) is -3.94. The highest BCUT2D eigenvalue weighted by molar-refractivity contribution is 7.90. The van der Waals surface area contributed by atoms with Crippen LogP contribution >= 0.6 is 0 Å². The van der Waals surface area contributed by atoms with E-state index in [9.17, 15) is 22.0 Å². The Morgan fingerprint density at radius 2 is 1.81 bits per heavy atom. The van der Waals surface area contributed by atoms with E-state index in [0.29, 0.717) is 34.3 Å². The molecule has 1 aromatic carbocycles. The van der Waals surface area contributed by atoms with Crippen LogP contribution in [0.15, 0.2) is 64.2 Å². The van der Waals surface area contributed by atoms with E-state index >= 15 is 0 Å². The molecule has 0 atom stereocenters. The van der Waals surface area contributed by atoms with Gasteiger partial charge in [0.15, 0.2) is 29.3 Å². The molecule has 0 amide bonds. The lowest BCUT2D eigenvalue weighted by atomic mass is 9.91. The number of furan rings is 1. The van der Waals surface area contributed by atoms with Gasteiger partial charge in [0.05, 0.1) is 16.6 Å². The van der Waals surface area contributed by atoms with E-state index in [-0.39, 0.29) is 48.0 Å². The normalized spacial score (nSPS) is 16.5. The summed E-state index contributed by atoms with van der Waals surface area (Å²) < 4.78 is 63.5. The average Bonchev–Trinajstić information content (AvgIpc) is 3.60. The van der Waals surface area contributed by atoms with Crippen LogP contribution in [0.2, 0.25) is 0 Å². The molecule has 11 heteroatoms. The summed E-state index contributed by atoms with van der Waals surface area (Å²) in [6, 6.07) is 11.0. The standard InChI is InChI=1S/C26H22F2N4O4S/c1-16-2-5-19(6-3-16)37(34,35)31-13-10-20-23-21(14-29-24(20)31)30-25(22-7-4-18(15-33)36-22)32(23)17-8-11-26(27,28)12-9-17/h2-7,10,13-15,17H,8-9,11-12H2,1H3. The number of carbonyl (C=O) groups excluding carboxylic acids is 1. The van der Waals surface area contributed by atoms with Gasteiger partial charge < -0.3 is 8.98 Å². The molecule has 0 unspecified atom stereocenters. The van der Waals surface area contributed by atoms with Crippen molar-refractivity contribution in [2.75, 3.05) is 0 Å². The molecule has 0 saturated heterocycles. The predicted octanol–water partition coefficient (Wildman–Crippen LogP) is 5.75. The predicted molar refractivity (Wildman–Crippen MR) is 132 cm³/mol. The van der Waals surface area contributed by atoms with Crippen molar-refractivity contribution in [3.8, 4) is 11.6 Å².